The molecule has 1 aromatic carbocycles. The molecule has 0 heterocycles. The van der Waals surface area contributed by atoms with E-state index in [1.165, 1.54) is 11.3 Å². The van der Waals surface area contributed by atoms with Crippen LogP contribution in [0.2, 0.25) is 0 Å². The van der Waals surface area contributed by atoms with Crippen molar-refractivity contribution in [2.45, 2.75) is 47.1 Å². The lowest BCUT2D eigenvalue weighted by Gasteiger charge is -2.35. The molecule has 0 saturated carbocycles. The van der Waals surface area contributed by atoms with Crippen LogP contribution in [0.3, 0.4) is 0 Å². The summed E-state index contributed by atoms with van der Waals surface area (Å²) in [5.41, 5.74) is 3.08. The molecule has 1 N–H and O–H groups in total. The first-order valence-corrected chi connectivity index (χ1v) is 7.13. The van der Waals surface area contributed by atoms with Crippen molar-refractivity contribution in [3.63, 3.8) is 0 Å². The zero-order chi connectivity index (χ0) is 14.7. The standard InChI is InChI=1S/C17H30N2/c1-14-10-8-9-11-15(14)19(7)13-17(5,6)12-18-16(2,3)4/h8-11,18H,12-13H2,1-7H3. The van der Waals surface area contributed by atoms with Crippen LogP contribution >= 0.6 is 0 Å². The highest BCUT2D eigenvalue weighted by atomic mass is 15.1. The maximum absolute atomic E-state index is 3.61. The van der Waals surface area contributed by atoms with E-state index in [0.29, 0.717) is 0 Å². The van der Waals surface area contributed by atoms with Gasteiger partial charge in [0.1, 0.15) is 0 Å². The fraction of sp³-hybridized carbons (Fsp3) is 0.647. The number of para-hydroxylation sites is 1. The van der Waals surface area contributed by atoms with E-state index in [1.54, 1.807) is 0 Å². The molecule has 0 radical (unpaired) electrons. The molecule has 108 valence electrons. The third-order valence-electron chi connectivity index (χ3n) is 3.29. The Kier molecular flexibility index (Phi) is 5.03. The number of rotatable bonds is 5. The Balaban J connectivity index is 2.65. The molecular weight excluding hydrogens is 232 g/mol. The van der Waals surface area contributed by atoms with Crippen LogP contribution < -0.4 is 10.2 Å². The van der Waals surface area contributed by atoms with Gasteiger partial charge in [0.25, 0.3) is 0 Å². The van der Waals surface area contributed by atoms with Crippen molar-refractivity contribution in [3.8, 4) is 0 Å². The molecule has 2 nitrogen and oxygen atoms in total. The van der Waals surface area contributed by atoms with Gasteiger partial charge >= 0.3 is 0 Å². The summed E-state index contributed by atoms with van der Waals surface area (Å²) in [6.45, 7) is 15.5. The summed E-state index contributed by atoms with van der Waals surface area (Å²) in [6, 6.07) is 8.58. The van der Waals surface area contributed by atoms with E-state index < -0.39 is 0 Å². The zero-order valence-corrected chi connectivity index (χ0v) is 13.7. The first-order chi connectivity index (χ1) is 8.61. The van der Waals surface area contributed by atoms with Crippen molar-refractivity contribution < 1.29 is 0 Å². The largest absolute Gasteiger partial charge is 0.374 e. The molecule has 19 heavy (non-hydrogen) atoms. The van der Waals surface area contributed by atoms with Gasteiger partial charge < -0.3 is 10.2 Å². The Morgan fingerprint density at radius 3 is 2.16 bits per heavy atom. The van der Waals surface area contributed by atoms with E-state index in [4.69, 9.17) is 0 Å². The number of aryl methyl sites for hydroxylation is 1. The van der Waals surface area contributed by atoms with Crippen LogP contribution in [0.1, 0.15) is 40.2 Å². The van der Waals surface area contributed by atoms with Crippen molar-refractivity contribution >= 4 is 5.69 Å². The molecule has 0 bridgehead atoms. The molecule has 0 spiro atoms. The summed E-state index contributed by atoms with van der Waals surface area (Å²) in [6.07, 6.45) is 0. The Bertz CT molecular complexity index is 402. The summed E-state index contributed by atoms with van der Waals surface area (Å²) in [5, 5.41) is 3.61. The van der Waals surface area contributed by atoms with Crippen LogP contribution in [-0.2, 0) is 0 Å². The normalized spacial score (nSPS) is 12.6. The Hall–Kier alpha value is -1.02. The van der Waals surface area contributed by atoms with Gasteiger partial charge in [-0.2, -0.15) is 0 Å². The monoisotopic (exact) mass is 262 g/mol. The first-order valence-electron chi connectivity index (χ1n) is 7.13. The number of nitrogens with zero attached hydrogens (tertiary/aromatic N) is 1. The molecular formula is C17H30N2. The fourth-order valence-electron chi connectivity index (χ4n) is 2.28. The minimum Gasteiger partial charge on any atom is -0.374 e. The second-order valence-corrected chi connectivity index (χ2v) is 7.41. The van der Waals surface area contributed by atoms with Crippen LogP contribution in [0, 0.1) is 12.3 Å². The number of nitrogens with one attached hydrogen (secondary N) is 1. The molecule has 2 heteroatoms. The maximum Gasteiger partial charge on any atom is 0.0393 e. The van der Waals surface area contributed by atoms with Crippen molar-refractivity contribution in [1.29, 1.82) is 0 Å². The van der Waals surface area contributed by atoms with Gasteiger partial charge in [0.15, 0.2) is 0 Å². The lowest BCUT2D eigenvalue weighted by Crippen LogP contribution is -2.45. The van der Waals surface area contributed by atoms with E-state index in [1.807, 2.05) is 0 Å². The maximum atomic E-state index is 3.61. The molecule has 0 aliphatic rings. The van der Waals surface area contributed by atoms with Gasteiger partial charge in [-0.25, -0.2) is 0 Å². The lowest BCUT2D eigenvalue weighted by molar-refractivity contribution is 0.295. The number of benzene rings is 1. The van der Waals surface area contributed by atoms with Gasteiger partial charge in [-0.15, -0.1) is 0 Å². The van der Waals surface area contributed by atoms with Gasteiger partial charge in [0, 0.05) is 31.4 Å². The summed E-state index contributed by atoms with van der Waals surface area (Å²) >= 11 is 0. The average molecular weight is 262 g/mol. The number of hydrogen-bond donors (Lipinski definition) is 1. The molecule has 0 unspecified atom stereocenters. The van der Waals surface area contributed by atoms with Crippen molar-refractivity contribution in [2.75, 3.05) is 25.0 Å². The highest BCUT2D eigenvalue weighted by Crippen LogP contribution is 2.23. The summed E-state index contributed by atoms with van der Waals surface area (Å²) < 4.78 is 0. The molecule has 0 aliphatic heterocycles. The van der Waals surface area contributed by atoms with Gasteiger partial charge in [0.05, 0.1) is 0 Å². The second-order valence-electron chi connectivity index (χ2n) is 7.41. The summed E-state index contributed by atoms with van der Waals surface area (Å²) in [5.74, 6) is 0. The first kappa shape index (κ1) is 16.0. The number of hydrogen-bond acceptors (Lipinski definition) is 2. The van der Waals surface area contributed by atoms with Crippen LogP contribution in [0.4, 0.5) is 5.69 Å². The minimum absolute atomic E-state index is 0.179. The van der Waals surface area contributed by atoms with Crippen LogP contribution in [0.5, 0.6) is 0 Å². The molecule has 0 atom stereocenters. The van der Waals surface area contributed by atoms with Gasteiger partial charge in [0.2, 0.25) is 0 Å². The van der Waals surface area contributed by atoms with E-state index in [-0.39, 0.29) is 11.0 Å². The topological polar surface area (TPSA) is 15.3 Å². The molecule has 0 saturated heterocycles. The van der Waals surface area contributed by atoms with Crippen LogP contribution in [0.15, 0.2) is 24.3 Å². The zero-order valence-electron chi connectivity index (χ0n) is 13.7. The molecule has 1 rings (SSSR count). The van der Waals surface area contributed by atoms with Crippen LogP contribution in [0.25, 0.3) is 0 Å². The minimum atomic E-state index is 0.179. The molecule has 0 fully saturated rings. The molecule has 0 amide bonds. The van der Waals surface area contributed by atoms with Gasteiger partial charge in [-0.3, -0.25) is 0 Å². The molecule has 0 aromatic heterocycles. The summed E-state index contributed by atoms with van der Waals surface area (Å²) in [4.78, 5) is 2.36. The SMILES string of the molecule is Cc1ccccc1N(C)CC(C)(C)CNC(C)(C)C. The highest BCUT2D eigenvalue weighted by molar-refractivity contribution is 5.52. The Morgan fingerprint density at radius 1 is 1.05 bits per heavy atom. The highest BCUT2D eigenvalue weighted by Gasteiger charge is 2.23. The average Bonchev–Trinajstić information content (AvgIpc) is 2.25. The second kappa shape index (κ2) is 5.96. The van der Waals surface area contributed by atoms with E-state index in [9.17, 15) is 0 Å². The quantitative estimate of drug-likeness (QED) is 0.867. The summed E-state index contributed by atoms with van der Waals surface area (Å²) in [7, 11) is 2.18. The van der Waals surface area contributed by atoms with Gasteiger partial charge in [-0.1, -0.05) is 32.0 Å². The van der Waals surface area contributed by atoms with Crippen molar-refractivity contribution in [3.05, 3.63) is 29.8 Å². The predicted octanol–water partition coefficient (Wildman–Crippen LogP) is 3.85. The molecule has 0 aliphatic carbocycles. The predicted molar refractivity (Wildman–Crippen MR) is 86.0 cm³/mol. The van der Waals surface area contributed by atoms with Gasteiger partial charge in [-0.05, 0) is 44.7 Å². The Labute approximate surface area is 119 Å². The van der Waals surface area contributed by atoms with E-state index in [2.05, 4.69) is 83.1 Å². The van der Waals surface area contributed by atoms with Crippen molar-refractivity contribution in [1.82, 2.24) is 5.32 Å². The van der Waals surface area contributed by atoms with Crippen LogP contribution in [-0.4, -0.2) is 25.7 Å². The third-order valence-corrected chi connectivity index (χ3v) is 3.29. The Morgan fingerprint density at radius 2 is 1.63 bits per heavy atom. The smallest absolute Gasteiger partial charge is 0.0393 e. The van der Waals surface area contributed by atoms with E-state index in [0.717, 1.165) is 13.1 Å². The van der Waals surface area contributed by atoms with E-state index >= 15 is 0 Å². The number of anilines is 1. The lowest BCUT2D eigenvalue weighted by atomic mass is 9.91. The molecule has 1 aromatic rings. The third kappa shape index (κ3) is 5.65. The van der Waals surface area contributed by atoms with Crippen molar-refractivity contribution in [2.24, 2.45) is 5.41 Å². The fourth-order valence-corrected chi connectivity index (χ4v) is 2.28.